The Hall–Kier alpha value is -1.48. The summed E-state index contributed by atoms with van der Waals surface area (Å²) in [5, 5.41) is 0. The molecule has 124 valence electrons. The lowest BCUT2D eigenvalue weighted by Gasteiger charge is -2.41. The molecule has 3 rings (SSSR count). The van der Waals surface area contributed by atoms with Crippen LogP contribution in [0, 0.1) is 0 Å². The van der Waals surface area contributed by atoms with Crippen molar-refractivity contribution in [3.05, 3.63) is 35.4 Å². The highest BCUT2D eigenvalue weighted by Gasteiger charge is 2.47. The van der Waals surface area contributed by atoms with Crippen molar-refractivity contribution in [3.63, 3.8) is 0 Å². The van der Waals surface area contributed by atoms with E-state index in [1.165, 1.54) is 5.56 Å². The van der Waals surface area contributed by atoms with Gasteiger partial charge < -0.3 is 9.47 Å². The van der Waals surface area contributed by atoms with E-state index in [1.807, 2.05) is 0 Å². The van der Waals surface area contributed by atoms with E-state index in [2.05, 4.69) is 50.0 Å². The first kappa shape index (κ1) is 16.4. The number of nitrogens with zero attached hydrogens (tertiary/aromatic N) is 1. The molecule has 0 amide bonds. The smallest absolute Gasteiger partial charge is 0.235 e. The molecule has 1 saturated carbocycles. The van der Waals surface area contributed by atoms with E-state index in [4.69, 9.17) is 9.47 Å². The Morgan fingerprint density at radius 1 is 1.00 bits per heavy atom. The molecule has 0 atom stereocenters. The number of carbonyl (C=O) groups excluding carboxylic acids is 1. The topological polar surface area (TPSA) is 47.9 Å². The molecule has 0 aromatic heterocycles. The highest BCUT2D eigenvalue weighted by atomic mass is 16.7. The van der Waals surface area contributed by atoms with Crippen molar-refractivity contribution in [2.24, 2.45) is 4.99 Å². The van der Waals surface area contributed by atoms with Gasteiger partial charge in [-0.1, -0.05) is 45.0 Å². The Morgan fingerprint density at radius 2 is 1.57 bits per heavy atom. The zero-order valence-electron chi connectivity index (χ0n) is 14.2. The minimum atomic E-state index is -0.487. The summed E-state index contributed by atoms with van der Waals surface area (Å²) in [6, 6.07) is 8.50. The van der Waals surface area contributed by atoms with Gasteiger partial charge in [-0.05, 0) is 29.4 Å². The predicted molar refractivity (Wildman–Crippen MR) is 88.0 cm³/mol. The van der Waals surface area contributed by atoms with Gasteiger partial charge in [-0.3, -0.25) is 0 Å². The summed E-state index contributed by atoms with van der Waals surface area (Å²) >= 11 is 0. The van der Waals surface area contributed by atoms with E-state index >= 15 is 0 Å². The van der Waals surface area contributed by atoms with Crippen LogP contribution < -0.4 is 0 Å². The third-order valence-corrected chi connectivity index (χ3v) is 5.20. The van der Waals surface area contributed by atoms with Gasteiger partial charge in [0.15, 0.2) is 5.79 Å². The van der Waals surface area contributed by atoms with Crippen LogP contribution in [0.15, 0.2) is 29.3 Å². The highest BCUT2D eigenvalue weighted by Crippen LogP contribution is 2.47. The summed E-state index contributed by atoms with van der Waals surface area (Å²) in [5.41, 5.74) is 1.99. The van der Waals surface area contributed by atoms with Crippen LogP contribution in [0.3, 0.4) is 0 Å². The van der Waals surface area contributed by atoms with E-state index in [0.29, 0.717) is 13.2 Å². The summed E-state index contributed by atoms with van der Waals surface area (Å²) in [7, 11) is 0. The Morgan fingerprint density at radius 3 is 2.04 bits per heavy atom. The third-order valence-electron chi connectivity index (χ3n) is 5.20. The molecular weight excluding hydrogens is 290 g/mol. The summed E-state index contributed by atoms with van der Waals surface area (Å²) in [4.78, 5) is 15.3. The molecule has 1 heterocycles. The van der Waals surface area contributed by atoms with Crippen molar-refractivity contribution < 1.29 is 14.3 Å². The Balaban J connectivity index is 1.86. The molecule has 1 aromatic carbocycles. The van der Waals surface area contributed by atoms with Crippen LogP contribution >= 0.6 is 0 Å². The largest absolute Gasteiger partial charge is 0.348 e. The maximum absolute atomic E-state index is 11.0. The fraction of sp³-hybridized carbons (Fsp3) is 0.632. The SMILES string of the molecule is CC(C)(C)c1ccc(C2(N=C=O)CCC3(CC2)OCCO3)cc1. The summed E-state index contributed by atoms with van der Waals surface area (Å²) in [5.74, 6) is -0.451. The van der Waals surface area contributed by atoms with Crippen LogP contribution in [-0.2, 0) is 25.2 Å². The zero-order chi connectivity index (χ0) is 16.6. The zero-order valence-corrected chi connectivity index (χ0v) is 14.2. The molecule has 0 radical (unpaired) electrons. The number of ether oxygens (including phenoxy) is 2. The molecule has 2 aliphatic rings. The van der Waals surface area contributed by atoms with E-state index < -0.39 is 11.3 Å². The van der Waals surface area contributed by atoms with Gasteiger partial charge in [0, 0.05) is 12.8 Å². The van der Waals surface area contributed by atoms with Crippen molar-refractivity contribution in [1.29, 1.82) is 0 Å². The van der Waals surface area contributed by atoms with Crippen molar-refractivity contribution in [3.8, 4) is 0 Å². The number of isocyanates is 1. The quantitative estimate of drug-likeness (QED) is 0.615. The first-order chi connectivity index (χ1) is 10.9. The molecule has 4 heteroatoms. The molecule has 0 N–H and O–H groups in total. The molecule has 0 unspecified atom stereocenters. The van der Waals surface area contributed by atoms with Gasteiger partial charge >= 0.3 is 0 Å². The van der Waals surface area contributed by atoms with Crippen LogP contribution in [0.2, 0.25) is 0 Å². The molecule has 0 bridgehead atoms. The van der Waals surface area contributed by atoms with E-state index in [9.17, 15) is 4.79 Å². The van der Waals surface area contributed by atoms with Gasteiger partial charge in [0.1, 0.15) is 0 Å². The lowest BCUT2D eigenvalue weighted by atomic mass is 9.74. The third kappa shape index (κ3) is 3.12. The second kappa shape index (κ2) is 5.86. The van der Waals surface area contributed by atoms with Crippen molar-refractivity contribution >= 4 is 6.08 Å². The van der Waals surface area contributed by atoms with E-state index in [0.717, 1.165) is 31.2 Å². The number of aliphatic imine (C=N–C) groups is 1. The molecule has 4 nitrogen and oxygen atoms in total. The lowest BCUT2D eigenvalue weighted by molar-refractivity contribution is -0.184. The van der Waals surface area contributed by atoms with Crippen LogP contribution in [-0.4, -0.2) is 25.1 Å². The van der Waals surface area contributed by atoms with Gasteiger partial charge in [0.25, 0.3) is 0 Å². The fourth-order valence-corrected chi connectivity index (χ4v) is 3.66. The fourth-order valence-electron chi connectivity index (χ4n) is 3.66. The van der Waals surface area contributed by atoms with Gasteiger partial charge in [0.2, 0.25) is 6.08 Å². The molecule has 1 aliphatic heterocycles. The van der Waals surface area contributed by atoms with Crippen LogP contribution in [0.1, 0.15) is 57.6 Å². The maximum atomic E-state index is 11.0. The second-order valence-corrected chi connectivity index (χ2v) is 7.67. The molecule has 1 spiro atoms. The monoisotopic (exact) mass is 315 g/mol. The Bertz CT molecular complexity index is 592. The average Bonchev–Trinajstić information content (AvgIpc) is 2.98. The van der Waals surface area contributed by atoms with E-state index in [-0.39, 0.29) is 5.41 Å². The summed E-state index contributed by atoms with van der Waals surface area (Å²) in [6.07, 6.45) is 4.81. The summed E-state index contributed by atoms with van der Waals surface area (Å²) < 4.78 is 11.6. The maximum Gasteiger partial charge on any atom is 0.235 e. The Kier molecular flexibility index (Phi) is 4.18. The van der Waals surface area contributed by atoms with Crippen molar-refractivity contribution in [1.82, 2.24) is 0 Å². The van der Waals surface area contributed by atoms with Crippen molar-refractivity contribution in [2.75, 3.05) is 13.2 Å². The van der Waals surface area contributed by atoms with Gasteiger partial charge in [-0.25, -0.2) is 4.79 Å². The first-order valence-electron chi connectivity index (χ1n) is 8.37. The number of hydrogen-bond acceptors (Lipinski definition) is 4. The highest BCUT2D eigenvalue weighted by molar-refractivity contribution is 5.40. The van der Waals surface area contributed by atoms with Crippen LogP contribution in [0.25, 0.3) is 0 Å². The normalized spacial score (nSPS) is 22.7. The van der Waals surface area contributed by atoms with Crippen LogP contribution in [0.4, 0.5) is 0 Å². The second-order valence-electron chi connectivity index (χ2n) is 7.67. The van der Waals surface area contributed by atoms with E-state index in [1.54, 1.807) is 6.08 Å². The van der Waals surface area contributed by atoms with Gasteiger partial charge in [-0.15, -0.1) is 0 Å². The molecule has 1 aromatic rings. The Labute approximate surface area is 137 Å². The van der Waals surface area contributed by atoms with Crippen LogP contribution in [0.5, 0.6) is 0 Å². The number of rotatable bonds is 2. The predicted octanol–water partition coefficient (Wildman–Crippen LogP) is 3.83. The molecule has 1 saturated heterocycles. The number of hydrogen-bond donors (Lipinski definition) is 0. The molecule has 2 fully saturated rings. The lowest BCUT2D eigenvalue weighted by Crippen LogP contribution is -2.41. The van der Waals surface area contributed by atoms with Gasteiger partial charge in [-0.2, -0.15) is 4.99 Å². The first-order valence-corrected chi connectivity index (χ1v) is 8.37. The minimum absolute atomic E-state index is 0.113. The molecular formula is C19H25NO3. The van der Waals surface area contributed by atoms with Crippen molar-refractivity contribution in [2.45, 2.75) is 63.2 Å². The number of benzene rings is 1. The van der Waals surface area contributed by atoms with Gasteiger partial charge in [0.05, 0.1) is 18.8 Å². The molecule has 1 aliphatic carbocycles. The average molecular weight is 315 g/mol. The molecule has 23 heavy (non-hydrogen) atoms. The standard InChI is InChI=1S/C19H25NO3/c1-17(2,3)15-4-6-16(7-5-15)18(20-14-21)8-10-19(11-9-18)22-12-13-23-19/h4-7H,8-13H2,1-3H3. The summed E-state index contributed by atoms with van der Waals surface area (Å²) in [6.45, 7) is 7.90. The minimum Gasteiger partial charge on any atom is -0.348 e.